The lowest BCUT2D eigenvalue weighted by molar-refractivity contribution is -0.133. The smallest absolute Gasteiger partial charge is 0.264 e. The molecule has 1 aliphatic heterocycles. The lowest BCUT2D eigenvalue weighted by Gasteiger charge is -2.34. The molecule has 2 amide bonds. The Labute approximate surface area is 167 Å². The fraction of sp³-hybridized carbons (Fsp3) is 0.263. The maximum atomic E-state index is 13.3. The van der Waals surface area contributed by atoms with E-state index in [4.69, 9.17) is 0 Å². The van der Waals surface area contributed by atoms with Crippen molar-refractivity contribution in [2.75, 3.05) is 37.0 Å². The third-order valence-electron chi connectivity index (χ3n) is 4.61. The van der Waals surface area contributed by atoms with Crippen molar-refractivity contribution >= 4 is 28.0 Å². The molecule has 29 heavy (non-hydrogen) atoms. The van der Waals surface area contributed by atoms with Gasteiger partial charge in [-0.3, -0.25) is 13.9 Å². The molecule has 0 unspecified atom stereocenters. The van der Waals surface area contributed by atoms with E-state index in [1.807, 2.05) is 0 Å². The van der Waals surface area contributed by atoms with Gasteiger partial charge in [-0.05, 0) is 48.5 Å². The van der Waals surface area contributed by atoms with Gasteiger partial charge in [-0.1, -0.05) is 0 Å². The van der Waals surface area contributed by atoms with E-state index in [1.165, 1.54) is 21.9 Å². The molecule has 0 saturated carbocycles. The zero-order chi connectivity index (χ0) is 21.0. The van der Waals surface area contributed by atoms with E-state index in [-0.39, 0.29) is 23.7 Å². The first-order valence-electron chi connectivity index (χ1n) is 8.82. The summed E-state index contributed by atoms with van der Waals surface area (Å²) in [6, 6.07) is 8.93. The standard InChI is InChI=1S/C19H19F2N3O4S/c20-15-1-5-17(6-2-15)24(29(27,28)18-7-3-16(21)4-8-18)13-19(26)23-11-9-22(14-25)10-12-23/h1-8,14H,9-13H2. The van der Waals surface area contributed by atoms with E-state index in [2.05, 4.69) is 0 Å². The van der Waals surface area contributed by atoms with E-state index in [0.29, 0.717) is 19.5 Å². The predicted molar refractivity (Wildman–Crippen MR) is 102 cm³/mol. The molecule has 0 atom stereocenters. The molecule has 2 aromatic carbocycles. The number of anilines is 1. The van der Waals surface area contributed by atoms with Crippen LogP contribution in [-0.4, -0.2) is 63.3 Å². The summed E-state index contributed by atoms with van der Waals surface area (Å²) >= 11 is 0. The van der Waals surface area contributed by atoms with Crippen LogP contribution in [0.5, 0.6) is 0 Å². The second kappa shape index (κ2) is 8.56. The molecule has 1 heterocycles. The number of nitrogens with zero attached hydrogens (tertiary/aromatic N) is 3. The Morgan fingerprint density at radius 2 is 1.45 bits per heavy atom. The van der Waals surface area contributed by atoms with Crippen LogP contribution in [-0.2, 0) is 19.6 Å². The fourth-order valence-corrected chi connectivity index (χ4v) is 4.37. The summed E-state index contributed by atoms with van der Waals surface area (Å²) in [5.74, 6) is -1.60. The number of amides is 2. The van der Waals surface area contributed by atoms with E-state index in [1.54, 1.807) is 0 Å². The minimum Gasteiger partial charge on any atom is -0.342 e. The van der Waals surface area contributed by atoms with Crippen molar-refractivity contribution in [3.05, 3.63) is 60.2 Å². The Kier molecular flexibility index (Phi) is 6.12. The highest BCUT2D eigenvalue weighted by Gasteiger charge is 2.30. The molecular formula is C19H19F2N3O4S. The summed E-state index contributed by atoms with van der Waals surface area (Å²) in [7, 11) is -4.20. The molecule has 0 bridgehead atoms. The van der Waals surface area contributed by atoms with Gasteiger partial charge in [0, 0.05) is 26.2 Å². The molecule has 0 radical (unpaired) electrons. The summed E-state index contributed by atoms with van der Waals surface area (Å²) in [4.78, 5) is 26.4. The Hall–Kier alpha value is -3.01. The second-order valence-corrected chi connectivity index (χ2v) is 8.33. The molecular weight excluding hydrogens is 404 g/mol. The van der Waals surface area contributed by atoms with Crippen LogP contribution in [0.1, 0.15) is 0 Å². The molecule has 0 aromatic heterocycles. The number of halogens is 2. The van der Waals surface area contributed by atoms with Crippen molar-refractivity contribution < 1.29 is 26.8 Å². The summed E-state index contributed by atoms with van der Waals surface area (Å²) in [5, 5.41) is 0. The van der Waals surface area contributed by atoms with Crippen LogP contribution in [0.2, 0.25) is 0 Å². The highest BCUT2D eigenvalue weighted by Crippen LogP contribution is 2.24. The highest BCUT2D eigenvalue weighted by molar-refractivity contribution is 7.92. The molecule has 2 aromatic rings. The van der Waals surface area contributed by atoms with Gasteiger partial charge in [0.25, 0.3) is 10.0 Å². The van der Waals surface area contributed by atoms with Gasteiger partial charge in [0.2, 0.25) is 12.3 Å². The van der Waals surface area contributed by atoms with Gasteiger partial charge in [-0.2, -0.15) is 0 Å². The van der Waals surface area contributed by atoms with Crippen molar-refractivity contribution in [1.82, 2.24) is 9.80 Å². The lowest BCUT2D eigenvalue weighted by atomic mass is 10.3. The summed E-state index contributed by atoms with van der Waals surface area (Å²) in [5.41, 5.74) is 0.107. The number of piperazine rings is 1. The molecule has 10 heteroatoms. The van der Waals surface area contributed by atoms with Gasteiger partial charge in [-0.25, -0.2) is 17.2 Å². The topological polar surface area (TPSA) is 78.0 Å². The van der Waals surface area contributed by atoms with Gasteiger partial charge < -0.3 is 9.80 Å². The summed E-state index contributed by atoms with van der Waals surface area (Å²) in [6.07, 6.45) is 0.700. The average molecular weight is 423 g/mol. The Bertz CT molecular complexity index is 974. The normalized spacial score (nSPS) is 14.6. The first kappa shape index (κ1) is 20.7. The van der Waals surface area contributed by atoms with Crippen LogP contribution >= 0.6 is 0 Å². The summed E-state index contributed by atoms with van der Waals surface area (Å²) in [6.45, 7) is 0.774. The SMILES string of the molecule is O=CN1CCN(C(=O)CN(c2ccc(F)cc2)S(=O)(=O)c2ccc(F)cc2)CC1. The summed E-state index contributed by atoms with van der Waals surface area (Å²) < 4.78 is 53.7. The number of benzene rings is 2. The van der Waals surface area contributed by atoms with Crippen molar-refractivity contribution in [2.45, 2.75) is 4.90 Å². The predicted octanol–water partition coefficient (Wildman–Crippen LogP) is 1.46. The van der Waals surface area contributed by atoms with Crippen LogP contribution in [0.4, 0.5) is 14.5 Å². The fourth-order valence-electron chi connectivity index (χ4n) is 2.96. The molecule has 0 spiro atoms. The zero-order valence-electron chi connectivity index (χ0n) is 15.4. The van der Waals surface area contributed by atoms with Crippen molar-refractivity contribution in [3.63, 3.8) is 0 Å². The first-order chi connectivity index (χ1) is 13.8. The maximum absolute atomic E-state index is 13.3. The van der Waals surface area contributed by atoms with Crippen LogP contribution in [0.25, 0.3) is 0 Å². The number of hydrogen-bond acceptors (Lipinski definition) is 4. The Morgan fingerprint density at radius 1 is 0.931 bits per heavy atom. The molecule has 0 N–H and O–H groups in total. The first-order valence-corrected chi connectivity index (χ1v) is 10.3. The largest absolute Gasteiger partial charge is 0.342 e. The average Bonchev–Trinajstić information content (AvgIpc) is 2.73. The third kappa shape index (κ3) is 4.70. The minimum absolute atomic E-state index is 0.107. The minimum atomic E-state index is -4.20. The Morgan fingerprint density at radius 3 is 1.97 bits per heavy atom. The number of hydrogen-bond donors (Lipinski definition) is 0. The number of sulfonamides is 1. The van der Waals surface area contributed by atoms with Crippen molar-refractivity contribution in [1.29, 1.82) is 0 Å². The Balaban J connectivity index is 1.89. The number of rotatable bonds is 6. The lowest BCUT2D eigenvalue weighted by Crippen LogP contribution is -2.51. The van der Waals surface area contributed by atoms with E-state index < -0.39 is 34.1 Å². The van der Waals surface area contributed by atoms with Gasteiger partial charge in [0.1, 0.15) is 18.2 Å². The van der Waals surface area contributed by atoms with E-state index >= 15 is 0 Å². The van der Waals surface area contributed by atoms with Gasteiger partial charge >= 0.3 is 0 Å². The molecule has 154 valence electrons. The third-order valence-corrected chi connectivity index (χ3v) is 6.40. The van der Waals surface area contributed by atoms with E-state index in [0.717, 1.165) is 40.7 Å². The molecule has 0 aliphatic carbocycles. The van der Waals surface area contributed by atoms with Crippen LogP contribution in [0.3, 0.4) is 0 Å². The number of carbonyl (C=O) groups is 2. The van der Waals surface area contributed by atoms with Crippen molar-refractivity contribution in [3.8, 4) is 0 Å². The van der Waals surface area contributed by atoms with Crippen LogP contribution in [0.15, 0.2) is 53.4 Å². The van der Waals surface area contributed by atoms with Crippen LogP contribution in [0, 0.1) is 11.6 Å². The molecule has 1 aliphatic rings. The second-order valence-electron chi connectivity index (χ2n) is 6.46. The monoisotopic (exact) mass is 423 g/mol. The van der Waals surface area contributed by atoms with Gasteiger partial charge in [-0.15, -0.1) is 0 Å². The zero-order valence-corrected chi connectivity index (χ0v) is 16.2. The van der Waals surface area contributed by atoms with Gasteiger partial charge in [0.15, 0.2) is 0 Å². The van der Waals surface area contributed by atoms with Gasteiger partial charge in [0.05, 0.1) is 10.6 Å². The highest BCUT2D eigenvalue weighted by atomic mass is 32.2. The number of carbonyl (C=O) groups excluding carboxylic acids is 2. The molecule has 3 rings (SSSR count). The quantitative estimate of drug-likeness (QED) is 0.659. The van der Waals surface area contributed by atoms with E-state index in [9.17, 15) is 26.8 Å². The molecule has 1 fully saturated rings. The molecule has 7 nitrogen and oxygen atoms in total. The van der Waals surface area contributed by atoms with Crippen molar-refractivity contribution in [2.24, 2.45) is 0 Å². The molecule has 1 saturated heterocycles. The van der Waals surface area contributed by atoms with Crippen LogP contribution < -0.4 is 4.31 Å². The maximum Gasteiger partial charge on any atom is 0.264 e.